The van der Waals surface area contributed by atoms with Crippen LogP contribution in [0.1, 0.15) is 127 Å². The van der Waals surface area contributed by atoms with Gasteiger partial charge in [-0.3, -0.25) is 14.4 Å². The van der Waals surface area contributed by atoms with Gasteiger partial charge >= 0.3 is 17.9 Å². The third-order valence-corrected chi connectivity index (χ3v) is 15.5. The maximum Gasteiger partial charge on any atom is 0.306 e. The summed E-state index contributed by atoms with van der Waals surface area (Å²) in [5, 5.41) is 20.0. The van der Waals surface area contributed by atoms with E-state index >= 15 is 0 Å². The van der Waals surface area contributed by atoms with E-state index in [-0.39, 0.29) is 70.2 Å². The summed E-state index contributed by atoms with van der Waals surface area (Å²) in [4.78, 5) is 35.7. The zero-order valence-corrected chi connectivity index (χ0v) is 31.4. The highest BCUT2D eigenvalue weighted by Crippen LogP contribution is 2.91. The van der Waals surface area contributed by atoms with Crippen LogP contribution in [-0.2, 0) is 28.6 Å². The number of terminal acetylenes is 2. The number of aliphatic carboxylic acids is 1. The van der Waals surface area contributed by atoms with Crippen molar-refractivity contribution in [2.45, 2.75) is 157 Å². The minimum Gasteiger partial charge on any atom is -0.481 e. The molecule has 5 aliphatic carbocycles. The van der Waals surface area contributed by atoms with Gasteiger partial charge in [-0.05, 0) is 116 Å². The number of aliphatic hydroxyl groups is 1. The Morgan fingerprint density at radius 2 is 1.49 bits per heavy atom. The van der Waals surface area contributed by atoms with E-state index in [1.807, 2.05) is 0 Å². The van der Waals surface area contributed by atoms with Gasteiger partial charge in [-0.25, -0.2) is 0 Å². The Kier molecular flexibility index (Phi) is 10.6. The van der Waals surface area contributed by atoms with Crippen LogP contribution in [0.2, 0.25) is 0 Å². The highest BCUT2D eigenvalue weighted by Gasteiger charge is 2.86. The van der Waals surface area contributed by atoms with Gasteiger partial charge < -0.3 is 24.4 Å². The normalized spacial score (nSPS) is 44.5. The first-order valence-electron chi connectivity index (χ1n) is 18.4. The van der Waals surface area contributed by atoms with Gasteiger partial charge in [0.15, 0.2) is 6.10 Å². The van der Waals surface area contributed by atoms with Crippen LogP contribution in [0.25, 0.3) is 0 Å². The SMILES string of the molecule is C#C.C#C.CC(=O)O[C@@H](C1C[C@@H](C)C2[C@@H](C[C@@]3(C)[C@@H]4CCC5C(C)(C)[C@@H](OC(=O)CCC(=O)O)CCC56[C@@H](C)[C@@]46CC[C@]23C)O1)C(C)(C)O. The fourth-order valence-electron chi connectivity index (χ4n) is 13.7. The van der Waals surface area contributed by atoms with Crippen molar-refractivity contribution in [2.24, 2.45) is 56.7 Å². The molecular formula is C41H62O8. The third kappa shape index (κ3) is 5.63. The number of esters is 2. The monoisotopic (exact) mass is 682 g/mol. The Hall–Kier alpha value is -2.55. The zero-order chi connectivity index (χ0) is 37.1. The smallest absolute Gasteiger partial charge is 0.306 e. The van der Waals surface area contributed by atoms with Gasteiger partial charge in [0.2, 0.25) is 0 Å². The highest BCUT2D eigenvalue weighted by atomic mass is 16.6. The van der Waals surface area contributed by atoms with Crippen LogP contribution in [0.3, 0.4) is 0 Å². The Bertz CT molecular complexity index is 1320. The molecule has 274 valence electrons. The second kappa shape index (κ2) is 13.2. The lowest BCUT2D eigenvalue weighted by Crippen LogP contribution is -2.58. The molecule has 1 aliphatic heterocycles. The number of hydrogen-bond acceptors (Lipinski definition) is 7. The molecule has 49 heavy (non-hydrogen) atoms. The predicted octanol–water partition coefficient (Wildman–Crippen LogP) is 7.05. The molecule has 6 aliphatic rings. The predicted molar refractivity (Wildman–Crippen MR) is 188 cm³/mol. The molecule has 8 nitrogen and oxygen atoms in total. The topological polar surface area (TPSA) is 119 Å². The molecule has 0 bridgehead atoms. The van der Waals surface area contributed by atoms with Crippen molar-refractivity contribution < 1.29 is 38.8 Å². The van der Waals surface area contributed by atoms with E-state index in [9.17, 15) is 19.5 Å². The number of ether oxygens (including phenoxy) is 3. The number of fused-ring (bicyclic) bond motifs is 4. The molecule has 2 N–H and O–H groups in total. The fraction of sp³-hybridized carbons (Fsp3) is 0.829. The number of carboxylic acids is 1. The summed E-state index contributed by atoms with van der Waals surface area (Å²) >= 11 is 0. The minimum absolute atomic E-state index is 0.0712. The number of hydrogen-bond donors (Lipinski definition) is 2. The molecule has 5 saturated carbocycles. The summed E-state index contributed by atoms with van der Waals surface area (Å²) in [6, 6.07) is 0. The Morgan fingerprint density at radius 1 is 0.898 bits per heavy atom. The molecule has 0 aromatic carbocycles. The molecule has 4 unspecified atom stereocenters. The molecule has 6 rings (SSSR count). The van der Waals surface area contributed by atoms with Gasteiger partial charge in [0, 0.05) is 12.3 Å². The van der Waals surface area contributed by atoms with E-state index in [0.29, 0.717) is 29.6 Å². The molecule has 0 radical (unpaired) electrons. The van der Waals surface area contributed by atoms with E-state index in [4.69, 9.17) is 19.3 Å². The van der Waals surface area contributed by atoms with Crippen molar-refractivity contribution >= 4 is 17.9 Å². The third-order valence-electron chi connectivity index (χ3n) is 15.5. The summed E-state index contributed by atoms with van der Waals surface area (Å²) in [7, 11) is 0. The van der Waals surface area contributed by atoms with Crippen LogP contribution in [-0.4, -0.2) is 58.1 Å². The molecule has 0 aromatic heterocycles. The van der Waals surface area contributed by atoms with Crippen molar-refractivity contribution in [1.82, 2.24) is 0 Å². The molecule has 1 saturated heterocycles. The van der Waals surface area contributed by atoms with E-state index in [0.717, 1.165) is 32.1 Å². The standard InChI is InChI=1S/C37H58O8.2C2H2/c1-20-18-23(31(33(6,7)42)43-22(3)38)44-24-19-35(9)26-11-10-25-32(4,5)27(45-29(41)13-12-28(39)40)14-15-36(25)21(2)37(26,36)17-16-34(35,8)30(20)24;2*1-2/h20-21,23-27,30-31,42H,10-19H2,1-9H3,(H,39,40);2*1-2H/t20-,21-,23?,24-,25?,26+,27+,30?,31+,34-,35+,36?,37+;;/m1../s1. The van der Waals surface area contributed by atoms with Crippen LogP contribution < -0.4 is 0 Å². The summed E-state index contributed by atoms with van der Waals surface area (Å²) in [6.07, 6.45) is 23.0. The number of carbonyl (C=O) groups excluding carboxylic acids is 2. The van der Waals surface area contributed by atoms with Crippen molar-refractivity contribution in [3.05, 3.63) is 0 Å². The van der Waals surface area contributed by atoms with Gasteiger partial charge in [0.1, 0.15) is 6.10 Å². The largest absolute Gasteiger partial charge is 0.481 e. The Labute approximate surface area is 295 Å². The van der Waals surface area contributed by atoms with Crippen LogP contribution in [0.5, 0.6) is 0 Å². The molecule has 0 amide bonds. The average molecular weight is 683 g/mol. The van der Waals surface area contributed by atoms with Gasteiger partial charge in [-0.2, -0.15) is 0 Å². The molecule has 6 fully saturated rings. The number of carboxylic acid groups (broad SMARTS) is 1. The van der Waals surface area contributed by atoms with E-state index in [2.05, 4.69) is 67.2 Å². The van der Waals surface area contributed by atoms with Gasteiger partial charge in [0.05, 0.1) is 30.7 Å². The van der Waals surface area contributed by atoms with Crippen LogP contribution >= 0.6 is 0 Å². The van der Waals surface area contributed by atoms with Gasteiger partial charge in [-0.1, -0.05) is 41.5 Å². The Balaban J connectivity index is 0.00000130. The van der Waals surface area contributed by atoms with E-state index in [1.54, 1.807) is 13.8 Å². The molecular weight excluding hydrogens is 620 g/mol. The number of carbonyl (C=O) groups is 3. The van der Waals surface area contributed by atoms with Gasteiger partial charge in [-0.15, -0.1) is 25.7 Å². The zero-order valence-electron chi connectivity index (χ0n) is 31.4. The van der Waals surface area contributed by atoms with Crippen LogP contribution in [0.15, 0.2) is 0 Å². The molecule has 1 heterocycles. The van der Waals surface area contributed by atoms with Gasteiger partial charge in [0.25, 0.3) is 0 Å². The maximum atomic E-state index is 12.6. The number of rotatable bonds is 7. The molecule has 13 atom stereocenters. The first kappa shape index (κ1) is 39.2. The summed E-state index contributed by atoms with van der Waals surface area (Å²) in [5.41, 5.74) is -0.578. The fourth-order valence-corrected chi connectivity index (χ4v) is 13.7. The van der Waals surface area contributed by atoms with Crippen molar-refractivity contribution in [3.63, 3.8) is 0 Å². The van der Waals surface area contributed by atoms with E-state index < -0.39 is 17.7 Å². The average Bonchev–Trinajstić information content (AvgIpc) is 3.44. The highest BCUT2D eigenvalue weighted by molar-refractivity contribution is 5.76. The van der Waals surface area contributed by atoms with Crippen molar-refractivity contribution in [2.75, 3.05) is 0 Å². The summed E-state index contributed by atoms with van der Waals surface area (Å²) < 4.78 is 18.7. The molecule has 0 aromatic rings. The maximum absolute atomic E-state index is 12.6. The minimum atomic E-state index is -1.20. The second-order valence-corrected chi connectivity index (χ2v) is 17.9. The first-order chi connectivity index (χ1) is 22.8. The molecule has 8 heteroatoms. The molecule has 2 spiro atoms. The van der Waals surface area contributed by atoms with Crippen molar-refractivity contribution in [1.29, 1.82) is 0 Å². The van der Waals surface area contributed by atoms with Crippen molar-refractivity contribution in [3.8, 4) is 25.7 Å². The lowest BCUT2D eigenvalue weighted by atomic mass is 9.41. The quantitative estimate of drug-likeness (QED) is 0.217. The summed E-state index contributed by atoms with van der Waals surface area (Å²) in [6.45, 7) is 19.4. The first-order valence-corrected chi connectivity index (χ1v) is 18.4. The second-order valence-electron chi connectivity index (χ2n) is 17.9. The summed E-state index contributed by atoms with van der Waals surface area (Å²) in [5.74, 6) is 0.748. The van der Waals surface area contributed by atoms with E-state index in [1.165, 1.54) is 26.2 Å². The van der Waals surface area contributed by atoms with Crippen LogP contribution in [0.4, 0.5) is 0 Å². The Morgan fingerprint density at radius 3 is 2.06 bits per heavy atom. The lowest BCUT2D eigenvalue weighted by molar-refractivity contribution is -0.209. The lowest BCUT2D eigenvalue weighted by Gasteiger charge is -2.63. The van der Waals surface area contributed by atoms with Crippen LogP contribution in [0, 0.1) is 82.4 Å².